The maximum Gasteiger partial charge on any atom is 0.368 e. The predicted molar refractivity (Wildman–Crippen MR) is 81.3 cm³/mol. The normalized spacial score (nSPS) is 31.6. The van der Waals surface area contributed by atoms with Gasteiger partial charge in [0.2, 0.25) is 0 Å². The topological polar surface area (TPSA) is 51.5 Å². The van der Waals surface area contributed by atoms with E-state index < -0.39 is 5.97 Å². The van der Waals surface area contributed by atoms with E-state index in [-0.39, 0.29) is 21.5 Å². The largest absolute Gasteiger partial charge is 0.368 e. The van der Waals surface area contributed by atoms with Crippen molar-refractivity contribution in [3.05, 3.63) is 29.0 Å². The summed E-state index contributed by atoms with van der Waals surface area (Å²) in [7, 11) is 0. The van der Waals surface area contributed by atoms with E-state index >= 15 is 0 Å². The third-order valence-electron chi connectivity index (χ3n) is 5.73. The second-order valence-corrected chi connectivity index (χ2v) is 7.11. The molecule has 0 radical (unpaired) electrons. The van der Waals surface area contributed by atoms with Gasteiger partial charge in [-0.05, 0) is 42.7 Å². The first kappa shape index (κ1) is 14.5. The van der Waals surface area contributed by atoms with E-state index in [4.69, 9.17) is 16.4 Å². The molecule has 1 aromatic rings. The van der Waals surface area contributed by atoms with E-state index in [2.05, 4.69) is 30.9 Å². The van der Waals surface area contributed by atoms with Crippen LogP contribution in [0.5, 0.6) is 0 Å². The van der Waals surface area contributed by atoms with E-state index in [0.29, 0.717) is 5.92 Å². The van der Waals surface area contributed by atoms with Crippen molar-refractivity contribution in [2.24, 2.45) is 21.9 Å². The minimum atomic E-state index is -0.551. The van der Waals surface area contributed by atoms with Crippen LogP contribution in [0.2, 0.25) is 5.15 Å². The number of oxime groups is 1. The molecule has 1 heterocycles. The van der Waals surface area contributed by atoms with Crippen LogP contribution in [0.1, 0.15) is 50.4 Å². The fraction of sp³-hybridized carbons (Fsp3) is 0.562. The molecule has 2 aliphatic carbocycles. The van der Waals surface area contributed by atoms with Crippen molar-refractivity contribution in [2.75, 3.05) is 0 Å². The molecule has 21 heavy (non-hydrogen) atoms. The van der Waals surface area contributed by atoms with Gasteiger partial charge in [0.25, 0.3) is 0 Å². The Bertz CT molecular complexity index is 626. The van der Waals surface area contributed by atoms with E-state index in [0.717, 1.165) is 18.6 Å². The highest BCUT2D eigenvalue weighted by Crippen LogP contribution is 2.63. The lowest BCUT2D eigenvalue weighted by molar-refractivity contribution is 0.0508. The summed E-state index contributed by atoms with van der Waals surface area (Å²) in [6.07, 6.45) is 4.78. The Balaban J connectivity index is 1.79. The minimum absolute atomic E-state index is 0.0245. The van der Waals surface area contributed by atoms with Crippen LogP contribution in [0, 0.1) is 16.7 Å². The first-order chi connectivity index (χ1) is 9.86. The summed E-state index contributed by atoms with van der Waals surface area (Å²) in [6, 6.07) is 3.24. The van der Waals surface area contributed by atoms with Crippen molar-refractivity contribution in [3.63, 3.8) is 0 Å². The molecule has 0 amide bonds. The van der Waals surface area contributed by atoms with Gasteiger partial charge in [0, 0.05) is 11.6 Å². The van der Waals surface area contributed by atoms with Crippen LogP contribution in [0.25, 0.3) is 0 Å². The maximum atomic E-state index is 12.0. The van der Waals surface area contributed by atoms with Gasteiger partial charge in [-0.15, -0.1) is 0 Å². The molecular weight excluding hydrogens is 288 g/mol. The van der Waals surface area contributed by atoms with Gasteiger partial charge in [0.1, 0.15) is 5.15 Å². The maximum absolute atomic E-state index is 12.0. The Morgan fingerprint density at radius 2 is 2.24 bits per heavy atom. The molecule has 1 aromatic heterocycles. The fourth-order valence-corrected chi connectivity index (χ4v) is 3.95. The van der Waals surface area contributed by atoms with E-state index in [1.165, 1.54) is 12.6 Å². The number of hydrogen-bond acceptors (Lipinski definition) is 4. The highest BCUT2D eigenvalue weighted by molar-refractivity contribution is 6.32. The number of hydrogen-bond donors (Lipinski definition) is 0. The standard InChI is InChI=1S/C16H19ClN2O2/c1-15(2)10-6-7-16(15,3)12(9-10)19-21-14(20)11-5-4-8-18-13(11)17/h4-5,8,10H,6-7,9H2,1-3H3/t10-,16+/m0/s1. The molecule has 0 spiro atoms. The Morgan fingerprint density at radius 3 is 2.81 bits per heavy atom. The second-order valence-electron chi connectivity index (χ2n) is 6.75. The van der Waals surface area contributed by atoms with Crippen LogP contribution in [0.4, 0.5) is 0 Å². The molecule has 2 bridgehead atoms. The van der Waals surface area contributed by atoms with Gasteiger partial charge >= 0.3 is 5.97 Å². The summed E-state index contributed by atoms with van der Waals surface area (Å²) in [6.45, 7) is 6.80. The highest BCUT2D eigenvalue weighted by atomic mass is 35.5. The van der Waals surface area contributed by atoms with Crippen molar-refractivity contribution in [2.45, 2.75) is 40.0 Å². The smallest absolute Gasteiger partial charge is 0.313 e. The lowest BCUT2D eigenvalue weighted by atomic mass is 9.70. The van der Waals surface area contributed by atoms with E-state index in [1.807, 2.05) is 0 Å². The van der Waals surface area contributed by atoms with Crippen molar-refractivity contribution in [3.8, 4) is 0 Å². The van der Waals surface area contributed by atoms with Crippen LogP contribution in [0.15, 0.2) is 23.5 Å². The zero-order chi connectivity index (χ0) is 15.3. The molecule has 3 rings (SSSR count). The average molecular weight is 307 g/mol. The van der Waals surface area contributed by atoms with Crippen LogP contribution in [-0.2, 0) is 4.84 Å². The molecule has 2 atom stereocenters. The second kappa shape index (κ2) is 4.80. The Kier molecular flexibility index (Phi) is 3.32. The fourth-order valence-electron chi connectivity index (χ4n) is 3.75. The molecule has 0 saturated heterocycles. The van der Waals surface area contributed by atoms with Gasteiger partial charge in [-0.1, -0.05) is 37.5 Å². The number of carbonyl (C=O) groups excluding carboxylic acids is 1. The number of rotatable bonds is 2. The molecule has 112 valence electrons. The molecule has 2 fully saturated rings. The van der Waals surface area contributed by atoms with Crippen molar-refractivity contribution in [1.29, 1.82) is 0 Å². The molecule has 0 aliphatic heterocycles. The molecule has 2 aliphatic rings. The van der Waals surface area contributed by atoms with E-state index in [1.54, 1.807) is 12.1 Å². The Hall–Kier alpha value is -1.42. The first-order valence-corrected chi connectivity index (χ1v) is 7.63. The zero-order valence-electron chi connectivity index (χ0n) is 12.5. The average Bonchev–Trinajstić information content (AvgIpc) is 2.78. The van der Waals surface area contributed by atoms with Crippen LogP contribution >= 0.6 is 11.6 Å². The summed E-state index contributed by atoms with van der Waals surface area (Å²) < 4.78 is 0. The van der Waals surface area contributed by atoms with Gasteiger partial charge in [-0.3, -0.25) is 0 Å². The minimum Gasteiger partial charge on any atom is -0.313 e. The molecule has 4 nitrogen and oxygen atoms in total. The van der Waals surface area contributed by atoms with Gasteiger partial charge in [0.05, 0.1) is 11.3 Å². The summed E-state index contributed by atoms with van der Waals surface area (Å²) >= 11 is 5.89. The predicted octanol–water partition coefficient (Wildman–Crippen LogP) is 4.09. The SMILES string of the molecule is CC1(C)[C@H]2CC[C@]1(C)C(=NOC(=O)c1cccnc1Cl)C2. The Morgan fingerprint density at radius 1 is 1.48 bits per heavy atom. The molecule has 5 heteroatoms. The number of carbonyl (C=O) groups is 1. The van der Waals surface area contributed by atoms with Crippen molar-refractivity contribution >= 4 is 23.3 Å². The lowest BCUT2D eigenvalue weighted by Crippen LogP contribution is -2.32. The highest BCUT2D eigenvalue weighted by Gasteiger charge is 2.60. The molecule has 0 aromatic carbocycles. The summed E-state index contributed by atoms with van der Waals surface area (Å²) in [5.74, 6) is 0.0757. The zero-order valence-corrected chi connectivity index (χ0v) is 13.3. The number of fused-ring (bicyclic) bond motifs is 2. The van der Waals surface area contributed by atoms with Gasteiger partial charge < -0.3 is 4.84 Å². The molecule has 2 saturated carbocycles. The molecule has 0 unspecified atom stereocenters. The molecule has 0 N–H and O–H groups in total. The summed E-state index contributed by atoms with van der Waals surface area (Å²) in [4.78, 5) is 21.0. The van der Waals surface area contributed by atoms with Crippen LogP contribution in [0.3, 0.4) is 0 Å². The third-order valence-corrected chi connectivity index (χ3v) is 6.03. The molecular formula is C16H19ClN2O2. The first-order valence-electron chi connectivity index (χ1n) is 7.25. The summed E-state index contributed by atoms with van der Waals surface area (Å²) in [5, 5.41) is 4.31. The van der Waals surface area contributed by atoms with E-state index in [9.17, 15) is 4.79 Å². The third kappa shape index (κ3) is 2.08. The quantitative estimate of drug-likeness (QED) is 0.470. The van der Waals surface area contributed by atoms with Gasteiger partial charge in [-0.25, -0.2) is 9.78 Å². The number of halogens is 1. The number of pyridine rings is 1. The van der Waals surface area contributed by atoms with Crippen molar-refractivity contribution in [1.82, 2.24) is 4.98 Å². The lowest BCUT2D eigenvalue weighted by Gasteiger charge is -2.34. The number of aromatic nitrogens is 1. The number of nitrogens with zero attached hydrogens (tertiary/aromatic N) is 2. The summed E-state index contributed by atoms with van der Waals surface area (Å²) in [5.41, 5.74) is 1.48. The van der Waals surface area contributed by atoms with Gasteiger partial charge in [-0.2, -0.15) is 0 Å². The monoisotopic (exact) mass is 306 g/mol. The van der Waals surface area contributed by atoms with Crippen LogP contribution < -0.4 is 0 Å². The van der Waals surface area contributed by atoms with Gasteiger partial charge in [0.15, 0.2) is 0 Å². The van der Waals surface area contributed by atoms with Crippen LogP contribution in [-0.4, -0.2) is 16.7 Å². The Labute approximate surface area is 129 Å². The van der Waals surface area contributed by atoms with Crippen molar-refractivity contribution < 1.29 is 9.63 Å².